The highest BCUT2D eigenvalue weighted by molar-refractivity contribution is 5.95. The molecule has 1 aromatic rings. The van der Waals surface area contributed by atoms with Crippen LogP contribution in [0.15, 0.2) is 6.20 Å². The highest BCUT2D eigenvalue weighted by Crippen LogP contribution is 2.10. The van der Waals surface area contributed by atoms with Crippen molar-refractivity contribution < 1.29 is 4.79 Å². The van der Waals surface area contributed by atoms with Gasteiger partial charge in [-0.3, -0.25) is 4.79 Å². The molecule has 0 aliphatic carbocycles. The smallest absolute Gasteiger partial charge is 0.196 e. The number of nitrogens with zero attached hydrogens (tertiary/aromatic N) is 3. The van der Waals surface area contributed by atoms with Crippen LogP contribution < -0.4 is 5.32 Å². The predicted octanol–water partition coefficient (Wildman–Crippen LogP) is 0.0185. The van der Waals surface area contributed by atoms with Gasteiger partial charge in [-0.2, -0.15) is 0 Å². The standard InChI is InChI=1S/C10H12N4O/c1-2-3-4-10(15)9-7-14(13-12-9)8-5-11-6-8/h7-8,11H,4-6H2,1H3. The number of ketones is 1. The van der Waals surface area contributed by atoms with Crippen molar-refractivity contribution in [2.24, 2.45) is 0 Å². The summed E-state index contributed by atoms with van der Waals surface area (Å²) in [5.41, 5.74) is 0.407. The highest BCUT2D eigenvalue weighted by atomic mass is 16.1. The highest BCUT2D eigenvalue weighted by Gasteiger charge is 2.21. The minimum absolute atomic E-state index is 0.0668. The van der Waals surface area contributed by atoms with Crippen LogP contribution in [-0.2, 0) is 0 Å². The Bertz CT molecular complexity index is 422. The molecule has 1 aliphatic heterocycles. The molecular formula is C10H12N4O. The van der Waals surface area contributed by atoms with Crippen molar-refractivity contribution >= 4 is 5.78 Å². The zero-order valence-electron chi connectivity index (χ0n) is 8.53. The van der Waals surface area contributed by atoms with E-state index in [1.54, 1.807) is 17.8 Å². The van der Waals surface area contributed by atoms with Crippen LogP contribution in [0.25, 0.3) is 0 Å². The molecule has 0 unspecified atom stereocenters. The number of aromatic nitrogens is 3. The summed E-state index contributed by atoms with van der Waals surface area (Å²) in [5.74, 6) is 5.34. The lowest BCUT2D eigenvalue weighted by Crippen LogP contribution is -2.43. The monoisotopic (exact) mass is 204 g/mol. The average molecular weight is 204 g/mol. The van der Waals surface area contributed by atoms with Gasteiger partial charge in [0, 0.05) is 13.1 Å². The van der Waals surface area contributed by atoms with Crippen molar-refractivity contribution in [3.8, 4) is 11.8 Å². The van der Waals surface area contributed by atoms with Gasteiger partial charge in [-0.1, -0.05) is 11.1 Å². The lowest BCUT2D eigenvalue weighted by atomic mass is 10.2. The van der Waals surface area contributed by atoms with Crippen molar-refractivity contribution in [2.75, 3.05) is 13.1 Å². The second kappa shape index (κ2) is 4.24. The average Bonchev–Trinajstić information content (AvgIpc) is 2.60. The van der Waals surface area contributed by atoms with Gasteiger partial charge in [-0.15, -0.1) is 11.0 Å². The Balaban J connectivity index is 2.04. The molecule has 0 amide bonds. The Kier molecular flexibility index (Phi) is 2.79. The molecule has 2 rings (SSSR count). The summed E-state index contributed by atoms with van der Waals surface area (Å²) in [5, 5.41) is 10.9. The molecule has 0 saturated carbocycles. The predicted molar refractivity (Wildman–Crippen MR) is 54.3 cm³/mol. The third-order valence-electron chi connectivity index (χ3n) is 2.36. The first-order valence-corrected chi connectivity index (χ1v) is 4.86. The third-order valence-corrected chi connectivity index (χ3v) is 2.36. The first-order chi connectivity index (χ1) is 7.31. The second-order valence-electron chi connectivity index (χ2n) is 3.42. The van der Waals surface area contributed by atoms with Gasteiger partial charge >= 0.3 is 0 Å². The van der Waals surface area contributed by atoms with Crippen LogP contribution in [0.5, 0.6) is 0 Å². The Morgan fingerprint density at radius 2 is 2.53 bits per heavy atom. The van der Waals surface area contributed by atoms with E-state index in [9.17, 15) is 4.79 Å². The summed E-state index contributed by atoms with van der Waals surface area (Å²) in [6.07, 6.45) is 1.92. The summed E-state index contributed by atoms with van der Waals surface area (Å²) in [6, 6.07) is 0.344. The number of Topliss-reactive ketones (excluding diaryl/α,β-unsaturated/α-hetero) is 1. The second-order valence-corrected chi connectivity index (χ2v) is 3.42. The van der Waals surface area contributed by atoms with E-state index in [1.165, 1.54) is 0 Å². The first kappa shape index (κ1) is 9.87. The fourth-order valence-corrected chi connectivity index (χ4v) is 1.30. The number of carbonyl (C=O) groups excluding carboxylic acids is 1. The summed E-state index contributed by atoms with van der Waals surface area (Å²) in [4.78, 5) is 11.5. The van der Waals surface area contributed by atoms with Crippen molar-refractivity contribution in [1.82, 2.24) is 20.3 Å². The van der Waals surface area contributed by atoms with Gasteiger partial charge in [0.1, 0.15) is 5.69 Å². The van der Waals surface area contributed by atoms with Crippen molar-refractivity contribution in [1.29, 1.82) is 0 Å². The number of hydrogen-bond acceptors (Lipinski definition) is 4. The Labute approximate surface area is 87.9 Å². The molecule has 2 heterocycles. The van der Waals surface area contributed by atoms with E-state index in [4.69, 9.17) is 0 Å². The fourth-order valence-electron chi connectivity index (χ4n) is 1.30. The van der Waals surface area contributed by atoms with Gasteiger partial charge in [0.05, 0.1) is 18.7 Å². The van der Waals surface area contributed by atoms with Gasteiger partial charge in [0.25, 0.3) is 0 Å². The molecule has 5 nitrogen and oxygen atoms in total. The summed E-state index contributed by atoms with van der Waals surface area (Å²) >= 11 is 0. The normalized spacial score (nSPS) is 15.3. The molecule has 0 bridgehead atoms. The molecule has 1 N–H and O–H groups in total. The van der Waals surface area contributed by atoms with Crippen LogP contribution in [0.3, 0.4) is 0 Å². The van der Waals surface area contributed by atoms with Crippen LogP contribution in [-0.4, -0.2) is 33.9 Å². The van der Waals surface area contributed by atoms with Gasteiger partial charge in [-0.05, 0) is 6.92 Å². The van der Waals surface area contributed by atoms with E-state index in [0.29, 0.717) is 11.7 Å². The Morgan fingerprint density at radius 1 is 1.73 bits per heavy atom. The van der Waals surface area contributed by atoms with Crippen LogP contribution in [0.2, 0.25) is 0 Å². The molecule has 15 heavy (non-hydrogen) atoms. The van der Waals surface area contributed by atoms with Crippen molar-refractivity contribution in [3.63, 3.8) is 0 Å². The molecule has 0 aromatic carbocycles. The van der Waals surface area contributed by atoms with Crippen molar-refractivity contribution in [3.05, 3.63) is 11.9 Å². The minimum atomic E-state index is -0.0668. The van der Waals surface area contributed by atoms with E-state index in [-0.39, 0.29) is 12.2 Å². The van der Waals surface area contributed by atoms with Gasteiger partial charge < -0.3 is 5.32 Å². The van der Waals surface area contributed by atoms with E-state index in [0.717, 1.165) is 13.1 Å². The van der Waals surface area contributed by atoms with E-state index in [2.05, 4.69) is 27.5 Å². The number of carbonyl (C=O) groups is 1. The fraction of sp³-hybridized carbons (Fsp3) is 0.500. The molecule has 1 aromatic heterocycles. The molecule has 0 radical (unpaired) electrons. The third kappa shape index (κ3) is 2.05. The zero-order chi connectivity index (χ0) is 10.7. The maximum Gasteiger partial charge on any atom is 0.196 e. The molecular weight excluding hydrogens is 192 g/mol. The number of nitrogens with one attached hydrogen (secondary N) is 1. The van der Waals surface area contributed by atoms with E-state index >= 15 is 0 Å². The molecule has 1 fully saturated rings. The number of hydrogen-bond donors (Lipinski definition) is 1. The Hall–Kier alpha value is -1.67. The maximum absolute atomic E-state index is 11.5. The maximum atomic E-state index is 11.5. The summed E-state index contributed by atoms with van der Waals surface area (Å²) < 4.78 is 1.74. The quantitative estimate of drug-likeness (QED) is 0.557. The zero-order valence-corrected chi connectivity index (χ0v) is 8.53. The number of rotatable bonds is 3. The minimum Gasteiger partial charge on any atom is -0.312 e. The topological polar surface area (TPSA) is 59.8 Å². The van der Waals surface area contributed by atoms with Gasteiger partial charge in [-0.25, -0.2) is 4.68 Å². The molecule has 0 atom stereocenters. The van der Waals surface area contributed by atoms with Gasteiger partial charge in [0.2, 0.25) is 0 Å². The first-order valence-electron chi connectivity index (χ1n) is 4.86. The molecule has 1 saturated heterocycles. The molecule has 0 spiro atoms. The van der Waals surface area contributed by atoms with E-state index in [1.807, 2.05) is 0 Å². The summed E-state index contributed by atoms with van der Waals surface area (Å²) in [6.45, 7) is 3.50. The molecule has 78 valence electrons. The van der Waals surface area contributed by atoms with E-state index < -0.39 is 0 Å². The lowest BCUT2D eigenvalue weighted by molar-refractivity contribution is 0.0993. The van der Waals surface area contributed by atoms with Crippen LogP contribution >= 0.6 is 0 Å². The van der Waals surface area contributed by atoms with Crippen molar-refractivity contribution in [2.45, 2.75) is 19.4 Å². The van der Waals surface area contributed by atoms with Crippen LogP contribution in [0.1, 0.15) is 29.9 Å². The summed E-state index contributed by atoms with van der Waals surface area (Å²) in [7, 11) is 0. The lowest BCUT2D eigenvalue weighted by Gasteiger charge is -2.26. The SMILES string of the molecule is CC#CCC(=O)c1cn(C2CNC2)nn1. The molecule has 1 aliphatic rings. The molecule has 5 heteroatoms. The largest absolute Gasteiger partial charge is 0.312 e. The van der Waals surface area contributed by atoms with Gasteiger partial charge in [0.15, 0.2) is 5.78 Å². The van der Waals surface area contributed by atoms with Crippen LogP contribution in [0.4, 0.5) is 0 Å². The Morgan fingerprint density at radius 3 is 3.13 bits per heavy atom. The van der Waals surface area contributed by atoms with Crippen LogP contribution in [0, 0.1) is 11.8 Å².